The summed E-state index contributed by atoms with van der Waals surface area (Å²) < 4.78 is 2.24. The molecule has 178 valence electrons. The predicted octanol–water partition coefficient (Wildman–Crippen LogP) is 6.32. The van der Waals surface area contributed by atoms with Crippen LogP contribution in [0.5, 0.6) is 0 Å². The van der Waals surface area contributed by atoms with Crippen LogP contribution in [0, 0.1) is 0 Å². The topological polar surface area (TPSA) is 97.1 Å². The molecule has 6 rings (SSSR count). The number of anilines is 1. The van der Waals surface area contributed by atoms with Crippen LogP contribution in [-0.2, 0) is 0 Å². The van der Waals surface area contributed by atoms with Crippen molar-refractivity contribution in [3.8, 4) is 11.4 Å². The number of nitrogens with one attached hydrogen (secondary N) is 1. The van der Waals surface area contributed by atoms with E-state index in [4.69, 9.17) is 4.98 Å². The van der Waals surface area contributed by atoms with Gasteiger partial charge in [-0.25, -0.2) is 9.78 Å². The van der Waals surface area contributed by atoms with Gasteiger partial charge in [0.25, 0.3) is 5.91 Å². The number of benzene rings is 3. The summed E-state index contributed by atoms with van der Waals surface area (Å²) in [5, 5.41) is 14.3. The normalized spacial score (nSPS) is 13.9. The van der Waals surface area contributed by atoms with Crippen molar-refractivity contribution in [2.75, 3.05) is 5.32 Å². The average molecular weight is 477 g/mol. The van der Waals surface area contributed by atoms with E-state index in [0.29, 0.717) is 17.1 Å². The number of pyridine rings is 1. The fraction of sp³-hybridized carbons (Fsp3) is 0.172. The predicted molar refractivity (Wildman–Crippen MR) is 139 cm³/mol. The van der Waals surface area contributed by atoms with Gasteiger partial charge in [-0.1, -0.05) is 37.1 Å². The summed E-state index contributed by atoms with van der Waals surface area (Å²) in [6.45, 7) is 0. The highest BCUT2D eigenvalue weighted by atomic mass is 16.4. The SMILES string of the molecule is O=C(O)c1ccc2c(c1)nc(-c1ccc(C(=O)Nc3cccc4cnccc34)cc1)n2C1CCCC1. The zero-order chi connectivity index (χ0) is 24.6. The fourth-order valence-corrected chi connectivity index (χ4v) is 5.16. The van der Waals surface area contributed by atoms with Crippen LogP contribution >= 0.6 is 0 Å². The summed E-state index contributed by atoms with van der Waals surface area (Å²) in [5.74, 6) is -0.360. The van der Waals surface area contributed by atoms with Gasteiger partial charge in [0.15, 0.2) is 0 Å². The molecule has 0 bridgehead atoms. The second kappa shape index (κ2) is 8.92. The van der Waals surface area contributed by atoms with E-state index in [9.17, 15) is 14.7 Å². The van der Waals surface area contributed by atoms with Crippen LogP contribution in [0.3, 0.4) is 0 Å². The van der Waals surface area contributed by atoms with E-state index in [-0.39, 0.29) is 11.5 Å². The number of carbonyl (C=O) groups excluding carboxylic acids is 1. The number of nitrogens with zero attached hydrogens (tertiary/aromatic N) is 3. The van der Waals surface area contributed by atoms with Gasteiger partial charge in [-0.2, -0.15) is 0 Å². The van der Waals surface area contributed by atoms with Crippen molar-refractivity contribution >= 4 is 39.4 Å². The molecule has 2 N–H and O–H groups in total. The monoisotopic (exact) mass is 476 g/mol. The van der Waals surface area contributed by atoms with E-state index in [1.807, 2.05) is 42.5 Å². The first-order valence-corrected chi connectivity index (χ1v) is 12.1. The number of hydrogen-bond donors (Lipinski definition) is 2. The number of carboxylic acid groups (broad SMARTS) is 1. The summed E-state index contributed by atoms with van der Waals surface area (Å²) in [6, 6.07) is 20.5. The first-order valence-electron chi connectivity index (χ1n) is 12.1. The van der Waals surface area contributed by atoms with Gasteiger partial charge < -0.3 is 15.0 Å². The zero-order valence-corrected chi connectivity index (χ0v) is 19.5. The Morgan fingerprint density at radius 3 is 2.50 bits per heavy atom. The third-order valence-corrected chi connectivity index (χ3v) is 6.96. The van der Waals surface area contributed by atoms with Crippen LogP contribution in [-0.4, -0.2) is 31.5 Å². The Balaban J connectivity index is 1.34. The molecule has 1 saturated carbocycles. The molecule has 1 fully saturated rings. The maximum atomic E-state index is 13.0. The minimum absolute atomic E-state index is 0.193. The quantitative estimate of drug-likeness (QED) is 0.309. The molecule has 3 aromatic carbocycles. The lowest BCUT2D eigenvalue weighted by atomic mass is 10.1. The van der Waals surface area contributed by atoms with Crippen molar-refractivity contribution in [1.29, 1.82) is 0 Å². The molecule has 1 amide bonds. The number of carbonyl (C=O) groups is 2. The van der Waals surface area contributed by atoms with Crippen LogP contribution in [0.25, 0.3) is 33.2 Å². The highest BCUT2D eigenvalue weighted by molar-refractivity contribution is 6.09. The second-order valence-electron chi connectivity index (χ2n) is 9.19. The van der Waals surface area contributed by atoms with Gasteiger partial charge in [-0.15, -0.1) is 0 Å². The standard InChI is InChI=1S/C29H24N4O3/c34-28(32-24-7-3-4-21-17-30-15-14-23(21)24)19-10-8-18(9-11-19)27-31-25-16-20(29(35)36)12-13-26(25)33(27)22-5-1-2-6-22/h3-4,7-17,22H,1-2,5-6H2,(H,32,34)(H,35,36). The third kappa shape index (κ3) is 3.88. The van der Waals surface area contributed by atoms with Crippen LogP contribution in [0.15, 0.2) is 79.1 Å². The van der Waals surface area contributed by atoms with E-state index in [2.05, 4.69) is 14.9 Å². The van der Waals surface area contributed by atoms with Crippen molar-refractivity contribution in [3.63, 3.8) is 0 Å². The van der Waals surface area contributed by atoms with E-state index >= 15 is 0 Å². The molecule has 2 heterocycles. The Hall–Kier alpha value is -4.52. The Kier molecular flexibility index (Phi) is 5.45. The Bertz CT molecular complexity index is 1610. The van der Waals surface area contributed by atoms with Crippen molar-refractivity contribution in [2.24, 2.45) is 0 Å². The lowest BCUT2D eigenvalue weighted by Crippen LogP contribution is -2.12. The number of hydrogen-bond acceptors (Lipinski definition) is 4. The first-order chi connectivity index (χ1) is 17.6. The number of amides is 1. The van der Waals surface area contributed by atoms with Gasteiger partial charge in [-0.3, -0.25) is 9.78 Å². The van der Waals surface area contributed by atoms with Crippen LogP contribution in [0.4, 0.5) is 5.69 Å². The largest absolute Gasteiger partial charge is 0.478 e. The van der Waals surface area contributed by atoms with E-state index in [1.54, 1.807) is 36.7 Å². The fourth-order valence-electron chi connectivity index (χ4n) is 5.16. The molecule has 36 heavy (non-hydrogen) atoms. The highest BCUT2D eigenvalue weighted by Crippen LogP contribution is 2.37. The van der Waals surface area contributed by atoms with E-state index in [1.165, 1.54) is 12.8 Å². The van der Waals surface area contributed by atoms with Crippen LogP contribution in [0.2, 0.25) is 0 Å². The third-order valence-electron chi connectivity index (χ3n) is 6.96. The Labute approximate surface area is 207 Å². The molecule has 1 aliphatic rings. The smallest absolute Gasteiger partial charge is 0.335 e. The summed E-state index contributed by atoms with van der Waals surface area (Å²) >= 11 is 0. The van der Waals surface area contributed by atoms with Gasteiger partial charge >= 0.3 is 5.97 Å². The molecule has 5 aromatic rings. The van der Waals surface area contributed by atoms with Crippen molar-refractivity contribution in [3.05, 3.63) is 90.3 Å². The maximum absolute atomic E-state index is 13.0. The number of imidazole rings is 1. The van der Waals surface area contributed by atoms with Gasteiger partial charge in [0.05, 0.1) is 16.6 Å². The molecule has 7 heteroatoms. The Morgan fingerprint density at radius 1 is 0.944 bits per heavy atom. The van der Waals surface area contributed by atoms with E-state index in [0.717, 1.165) is 46.2 Å². The van der Waals surface area contributed by atoms with Crippen LogP contribution in [0.1, 0.15) is 52.4 Å². The molecule has 7 nitrogen and oxygen atoms in total. The molecular formula is C29H24N4O3. The minimum atomic E-state index is -0.966. The minimum Gasteiger partial charge on any atom is -0.478 e. The van der Waals surface area contributed by atoms with Gasteiger partial charge in [0, 0.05) is 46.0 Å². The summed E-state index contributed by atoms with van der Waals surface area (Å²) in [6.07, 6.45) is 7.96. The maximum Gasteiger partial charge on any atom is 0.335 e. The molecule has 0 atom stereocenters. The summed E-state index contributed by atoms with van der Waals surface area (Å²) in [5.41, 5.74) is 4.00. The van der Waals surface area contributed by atoms with Crippen molar-refractivity contribution in [2.45, 2.75) is 31.7 Å². The van der Waals surface area contributed by atoms with Crippen molar-refractivity contribution < 1.29 is 14.7 Å². The van der Waals surface area contributed by atoms with Gasteiger partial charge in [-0.05, 0) is 55.3 Å². The highest BCUT2D eigenvalue weighted by Gasteiger charge is 2.24. The zero-order valence-electron chi connectivity index (χ0n) is 19.5. The van der Waals surface area contributed by atoms with Gasteiger partial charge in [0.1, 0.15) is 5.82 Å². The Morgan fingerprint density at radius 2 is 1.72 bits per heavy atom. The lowest BCUT2D eigenvalue weighted by Gasteiger charge is -2.17. The molecule has 0 unspecified atom stereocenters. The molecular weight excluding hydrogens is 452 g/mol. The number of aromatic nitrogens is 3. The molecule has 0 saturated heterocycles. The van der Waals surface area contributed by atoms with E-state index < -0.39 is 5.97 Å². The molecule has 0 spiro atoms. The lowest BCUT2D eigenvalue weighted by molar-refractivity contribution is 0.0696. The number of fused-ring (bicyclic) bond motifs is 2. The molecule has 2 aromatic heterocycles. The van der Waals surface area contributed by atoms with Crippen LogP contribution < -0.4 is 5.32 Å². The van der Waals surface area contributed by atoms with Crippen molar-refractivity contribution in [1.82, 2.24) is 14.5 Å². The molecule has 0 radical (unpaired) electrons. The number of carboxylic acids is 1. The second-order valence-corrected chi connectivity index (χ2v) is 9.19. The number of rotatable bonds is 5. The number of aromatic carboxylic acids is 1. The van der Waals surface area contributed by atoms with Gasteiger partial charge in [0.2, 0.25) is 0 Å². The first kappa shape index (κ1) is 22.0. The average Bonchev–Trinajstić information content (AvgIpc) is 3.56. The summed E-state index contributed by atoms with van der Waals surface area (Å²) in [4.78, 5) is 33.5. The summed E-state index contributed by atoms with van der Waals surface area (Å²) in [7, 11) is 0. The molecule has 0 aliphatic heterocycles. The molecule has 1 aliphatic carbocycles.